The van der Waals surface area contributed by atoms with Crippen molar-refractivity contribution in [1.29, 1.82) is 0 Å². The van der Waals surface area contributed by atoms with Gasteiger partial charge in [0.05, 0.1) is 83.0 Å². The summed E-state index contributed by atoms with van der Waals surface area (Å²) in [4.78, 5) is 82.2. The number of carbonyl (C=O) groups excluding carboxylic acids is 6. The minimum atomic E-state index is -4.11. The monoisotopic (exact) mass is 1550 g/mol. The molecular weight excluding hydrogens is 1490 g/mol. The first-order valence-electron chi connectivity index (χ1n) is 30.9. The van der Waals surface area contributed by atoms with Crippen molar-refractivity contribution in [3.8, 4) is 33.8 Å². The number of nitrogens with one attached hydrogen (secondary N) is 2. The highest BCUT2D eigenvalue weighted by atomic mass is 35.6. The van der Waals surface area contributed by atoms with Crippen molar-refractivity contribution in [2.45, 2.75) is 78.0 Å². The number of furan rings is 2. The van der Waals surface area contributed by atoms with Crippen LogP contribution in [0.1, 0.15) is 117 Å². The van der Waals surface area contributed by atoms with E-state index in [0.29, 0.717) is 58.3 Å². The van der Waals surface area contributed by atoms with Crippen LogP contribution in [-0.2, 0) is 61.4 Å². The Hall–Kier alpha value is -9.73. The predicted octanol–water partition coefficient (Wildman–Crippen LogP) is 17.0. The van der Waals surface area contributed by atoms with Gasteiger partial charge in [0.25, 0.3) is 20.0 Å². The lowest BCUT2D eigenvalue weighted by molar-refractivity contribution is -0.142. The number of alkyl halides is 2. The van der Waals surface area contributed by atoms with Gasteiger partial charge in [0.15, 0.2) is 11.5 Å². The van der Waals surface area contributed by atoms with E-state index in [2.05, 4.69) is 9.97 Å². The molecule has 0 atom stereocenters. The minimum Gasteiger partial charge on any atom is -0.504 e. The SMILES string of the molecule is C.C.COC(=O)c1oc(C(=O)c2c[nH]c3c(CCCOC(C)=O)cccc23)c(O)c1-c1cn(S(=O)(=O)c2ccc(C)cc2)c2ccccc12.COC(=O)c1oc(C(=O)c2c[nH]c3c(CCCOC(C)=O)cccc23)c(OC)c1-c1cn(S(=O)(=O)c2ccc(C)cc2)c2ccccc12.ClB(Cl)Cl.ClCCl. The number of ketones is 2. The maximum absolute atomic E-state index is 14.2. The van der Waals surface area contributed by atoms with Gasteiger partial charge in [-0.25, -0.2) is 34.4 Å². The van der Waals surface area contributed by atoms with Gasteiger partial charge in [-0.1, -0.05) is 123 Å². The van der Waals surface area contributed by atoms with Crippen LogP contribution in [-0.4, -0.2) is 120 Å². The van der Waals surface area contributed by atoms with Crippen molar-refractivity contribution in [1.82, 2.24) is 17.9 Å². The summed E-state index contributed by atoms with van der Waals surface area (Å²) in [6.45, 7) is 6.92. The first kappa shape index (κ1) is 81.6. The van der Waals surface area contributed by atoms with Crippen LogP contribution in [0.25, 0.3) is 65.9 Å². The van der Waals surface area contributed by atoms with E-state index in [1.807, 2.05) is 32.0 Å². The number of esters is 4. The van der Waals surface area contributed by atoms with Gasteiger partial charge in [0.2, 0.25) is 34.6 Å². The van der Waals surface area contributed by atoms with Crippen molar-refractivity contribution < 1.29 is 83.2 Å². The maximum Gasteiger partial charge on any atom is 0.450 e. The quantitative estimate of drug-likeness (QED) is 0.0150. The number of methoxy groups -OCH3 is 3. The molecule has 0 aliphatic heterocycles. The van der Waals surface area contributed by atoms with Crippen LogP contribution in [0.3, 0.4) is 0 Å². The number of para-hydroxylation sites is 4. The van der Waals surface area contributed by atoms with E-state index in [-0.39, 0.29) is 111 Å². The second kappa shape index (κ2) is 35.6. The second-order valence-electron chi connectivity index (χ2n) is 22.5. The van der Waals surface area contributed by atoms with E-state index in [1.54, 1.807) is 97.2 Å². The Bertz CT molecular complexity index is 5360. The molecule has 0 saturated heterocycles. The first-order chi connectivity index (χ1) is 48.7. The van der Waals surface area contributed by atoms with E-state index in [4.69, 9.17) is 90.1 Å². The van der Waals surface area contributed by atoms with Crippen LogP contribution in [0.4, 0.5) is 0 Å². The lowest BCUT2D eigenvalue weighted by Crippen LogP contribution is -2.11. The number of aryl methyl sites for hydroxylation is 4. The average Bonchev–Trinajstić information content (AvgIpc) is 1.58. The second-order valence-corrected chi connectivity index (χ2v) is 28.9. The van der Waals surface area contributed by atoms with Gasteiger partial charge >= 0.3 is 28.8 Å². The van der Waals surface area contributed by atoms with Crippen molar-refractivity contribution in [2.24, 2.45) is 0 Å². The van der Waals surface area contributed by atoms with E-state index < -0.39 is 65.8 Å². The molecule has 0 radical (unpaired) electrons. The molecule has 0 amide bonds. The largest absolute Gasteiger partial charge is 0.504 e. The van der Waals surface area contributed by atoms with Crippen LogP contribution in [0.2, 0.25) is 0 Å². The predicted molar refractivity (Wildman–Crippen MR) is 404 cm³/mol. The molecule has 0 aliphatic rings. The fourth-order valence-corrected chi connectivity index (χ4v) is 14.2. The van der Waals surface area contributed by atoms with E-state index in [1.165, 1.54) is 70.9 Å². The van der Waals surface area contributed by atoms with Crippen LogP contribution in [0.15, 0.2) is 177 Å². The molecule has 6 aromatic carbocycles. The average molecular weight is 1560 g/mol. The highest BCUT2D eigenvalue weighted by Crippen LogP contribution is 2.47. The Morgan fingerprint density at radius 3 is 1.28 bits per heavy atom. The summed E-state index contributed by atoms with van der Waals surface area (Å²) in [5, 5.41) is 13.8. The number of nitrogens with zero attached hydrogens (tertiary/aromatic N) is 2. The molecule has 0 bridgehead atoms. The van der Waals surface area contributed by atoms with E-state index in [9.17, 15) is 50.7 Å². The third kappa shape index (κ3) is 17.4. The van der Waals surface area contributed by atoms with Crippen molar-refractivity contribution in [2.75, 3.05) is 39.9 Å². The Morgan fingerprint density at radius 2 is 0.885 bits per heavy atom. The van der Waals surface area contributed by atoms with Gasteiger partial charge in [0.1, 0.15) is 0 Å². The zero-order valence-electron chi connectivity index (χ0n) is 55.5. The van der Waals surface area contributed by atoms with Gasteiger partial charge in [0, 0.05) is 82.3 Å². The fraction of sp³-hybridized carbons (Fsp3) is 0.216. The standard InChI is InChI=1S/C36H32N2O9S.C35H30N2O9S.CH2Cl2.2CH4.BCl3/c1-21-14-16-24(17-15-21)48(42,43)38-20-28(25-11-5-6-13-29(25)38)30-33(44-3)35(47-34(30)36(41)45-4)32(40)27-19-37-31-23(9-7-12-26(27)31)10-8-18-46-22(2)39;1-20-13-15-23(16-14-20)47(42,43)37-19-27(24-10-4-5-12-28(24)37)29-32(40)34(46-33(29)35(41)44-3)31(39)26-18-36-30-22(8-6-11-25(26)30)9-7-17-45-21(2)38;2-1-3;;;2-1(3)4/h5-7,9,11-17,19-20,37H,8,10,18H2,1-4H3;4-6,8,10-16,18-19,36,40H,7,9,17H2,1-3H3;1H2;2*1H4;. The molecule has 22 nitrogen and oxygen atoms in total. The summed E-state index contributed by atoms with van der Waals surface area (Å²) in [7, 11) is -4.55. The molecule has 0 fully saturated rings. The number of aromatic amines is 2. The molecule has 0 unspecified atom stereocenters. The molecule has 6 aromatic heterocycles. The minimum absolute atomic E-state index is 0. The number of carbonyl (C=O) groups is 6. The van der Waals surface area contributed by atoms with E-state index >= 15 is 0 Å². The molecule has 104 heavy (non-hydrogen) atoms. The number of hydrogen-bond donors (Lipinski definition) is 3. The zero-order chi connectivity index (χ0) is 73.9. The van der Waals surface area contributed by atoms with Gasteiger partial charge in [-0.05, 0) is 87.1 Å². The highest BCUT2D eigenvalue weighted by Gasteiger charge is 2.37. The lowest BCUT2D eigenvalue weighted by atomic mass is 10.0. The van der Waals surface area contributed by atoms with Crippen LogP contribution >= 0.6 is 57.6 Å². The number of aromatic hydroxyl groups is 1. The van der Waals surface area contributed by atoms with Gasteiger partial charge in [-0.3, -0.25) is 19.2 Å². The molecule has 546 valence electrons. The van der Waals surface area contributed by atoms with Crippen LogP contribution < -0.4 is 4.74 Å². The summed E-state index contributed by atoms with van der Waals surface area (Å²) >= 11 is 23.9. The topological polar surface area (TPSA) is 305 Å². The number of hydrogen-bond acceptors (Lipinski definition) is 18. The number of halogens is 5. The molecular formula is C74H72BCl5N4O18S2. The molecule has 0 aliphatic carbocycles. The third-order valence-electron chi connectivity index (χ3n) is 16.0. The Labute approximate surface area is 624 Å². The Balaban J connectivity index is 0.000000262. The molecule has 12 aromatic rings. The maximum atomic E-state index is 14.2. The number of H-pyrrole nitrogens is 2. The Morgan fingerprint density at radius 1 is 0.519 bits per heavy atom. The third-order valence-corrected chi connectivity index (χ3v) is 19.4. The summed E-state index contributed by atoms with van der Waals surface area (Å²) < 4.78 is 95.2. The smallest absolute Gasteiger partial charge is 0.450 e. The normalized spacial score (nSPS) is 11.0. The molecule has 30 heteroatoms. The van der Waals surface area contributed by atoms with Gasteiger partial charge < -0.3 is 47.6 Å². The van der Waals surface area contributed by atoms with Crippen molar-refractivity contribution >= 4 is 162 Å². The summed E-state index contributed by atoms with van der Waals surface area (Å²) in [5.74, 6) is -6.09. The Kier molecular flexibility index (Phi) is 28.0. The summed E-state index contributed by atoms with van der Waals surface area (Å²) in [6, 6.07) is 37.2. The fourth-order valence-electron chi connectivity index (χ4n) is 11.5. The number of ether oxygens (including phenoxy) is 5. The number of rotatable bonds is 21. The zero-order valence-corrected chi connectivity index (χ0v) is 60.9. The van der Waals surface area contributed by atoms with Crippen LogP contribution in [0.5, 0.6) is 11.5 Å². The van der Waals surface area contributed by atoms with Gasteiger partial charge in [-0.2, -0.15) is 34.4 Å². The van der Waals surface area contributed by atoms with Gasteiger partial charge in [-0.15, -0.1) is 23.2 Å². The molecule has 12 rings (SSSR count). The number of aromatic nitrogens is 4. The van der Waals surface area contributed by atoms with Crippen LogP contribution in [0, 0.1) is 13.8 Å². The highest BCUT2D eigenvalue weighted by molar-refractivity contribution is 7.90. The van der Waals surface area contributed by atoms with Crippen molar-refractivity contribution in [3.63, 3.8) is 0 Å². The first-order valence-corrected chi connectivity index (χ1v) is 36.2. The number of benzene rings is 6. The summed E-state index contributed by atoms with van der Waals surface area (Å²) in [5.41, 5.74) is 6.41. The number of fused-ring (bicyclic) bond motifs is 4. The summed E-state index contributed by atoms with van der Waals surface area (Å²) in [6.07, 6.45) is 8.04. The van der Waals surface area contributed by atoms with E-state index in [0.717, 1.165) is 42.8 Å². The molecule has 0 saturated carbocycles. The van der Waals surface area contributed by atoms with Crippen molar-refractivity contribution in [3.05, 3.63) is 215 Å². The lowest BCUT2D eigenvalue weighted by Gasteiger charge is -2.07. The molecule has 0 spiro atoms. The molecule has 6 heterocycles. The molecule has 3 N–H and O–H groups in total.